The lowest BCUT2D eigenvalue weighted by Gasteiger charge is -2.29. The topological polar surface area (TPSA) is 86.8 Å². The second-order valence-electron chi connectivity index (χ2n) is 7.98. The molecule has 3 aromatic rings. The highest BCUT2D eigenvalue weighted by Gasteiger charge is 2.43. The summed E-state index contributed by atoms with van der Waals surface area (Å²) in [7, 11) is 1.47. The molecule has 8 heteroatoms. The molecule has 1 aliphatic heterocycles. The normalized spacial score (nSPS) is 13.4. The SMILES string of the molecule is CN(CC(=O)Nc1cccc(Cl)c1)C(=O)C(Cc1ccccc1)N1C(=O)c2ccccc2C1=O. The Balaban J connectivity index is 1.56. The summed E-state index contributed by atoms with van der Waals surface area (Å²) >= 11 is 5.96. The maximum absolute atomic E-state index is 13.5. The fraction of sp³-hybridized carbons (Fsp3) is 0.154. The van der Waals surface area contributed by atoms with Crippen LogP contribution in [0.4, 0.5) is 5.69 Å². The molecule has 0 spiro atoms. The molecular formula is C26H22ClN3O4. The van der Waals surface area contributed by atoms with Crippen molar-refractivity contribution in [3.05, 3.63) is 101 Å². The minimum absolute atomic E-state index is 0.130. The van der Waals surface area contributed by atoms with Crippen molar-refractivity contribution in [3.8, 4) is 0 Å². The van der Waals surface area contributed by atoms with Gasteiger partial charge in [-0.2, -0.15) is 0 Å². The van der Waals surface area contributed by atoms with Crippen LogP contribution in [0.3, 0.4) is 0 Å². The third kappa shape index (κ3) is 4.84. The van der Waals surface area contributed by atoms with E-state index in [4.69, 9.17) is 11.6 Å². The largest absolute Gasteiger partial charge is 0.335 e. The van der Waals surface area contributed by atoms with Crippen LogP contribution < -0.4 is 5.32 Å². The summed E-state index contributed by atoms with van der Waals surface area (Å²) in [5.74, 6) is -1.99. The van der Waals surface area contributed by atoms with Crippen LogP contribution in [0.2, 0.25) is 5.02 Å². The van der Waals surface area contributed by atoms with Gasteiger partial charge in [0.15, 0.2) is 0 Å². The van der Waals surface area contributed by atoms with Gasteiger partial charge in [-0.25, -0.2) is 0 Å². The van der Waals surface area contributed by atoms with Crippen LogP contribution in [0, 0.1) is 0 Å². The highest BCUT2D eigenvalue weighted by atomic mass is 35.5. The van der Waals surface area contributed by atoms with Crippen molar-refractivity contribution in [2.75, 3.05) is 18.9 Å². The molecule has 7 nitrogen and oxygen atoms in total. The molecule has 0 radical (unpaired) electrons. The van der Waals surface area contributed by atoms with E-state index in [1.165, 1.54) is 11.9 Å². The molecule has 0 aromatic heterocycles. The number of anilines is 1. The quantitative estimate of drug-likeness (QED) is 0.528. The number of hydrogen-bond donors (Lipinski definition) is 1. The van der Waals surface area contributed by atoms with Gasteiger partial charge in [0.25, 0.3) is 11.8 Å². The number of benzene rings is 3. The Morgan fingerprint density at radius 1 is 0.912 bits per heavy atom. The van der Waals surface area contributed by atoms with Crippen LogP contribution >= 0.6 is 11.6 Å². The molecule has 0 fully saturated rings. The van der Waals surface area contributed by atoms with Gasteiger partial charge in [0.1, 0.15) is 6.04 Å². The number of rotatable bonds is 7. The van der Waals surface area contributed by atoms with Gasteiger partial charge < -0.3 is 10.2 Å². The minimum atomic E-state index is -1.10. The van der Waals surface area contributed by atoms with Gasteiger partial charge in [-0.15, -0.1) is 0 Å². The van der Waals surface area contributed by atoms with Crippen molar-refractivity contribution in [1.29, 1.82) is 0 Å². The first-order valence-electron chi connectivity index (χ1n) is 10.7. The smallest absolute Gasteiger partial charge is 0.262 e. The zero-order valence-electron chi connectivity index (χ0n) is 18.4. The molecule has 0 bridgehead atoms. The van der Waals surface area contributed by atoms with Gasteiger partial charge in [-0.3, -0.25) is 24.1 Å². The van der Waals surface area contributed by atoms with Crippen LogP contribution in [0.5, 0.6) is 0 Å². The molecule has 34 heavy (non-hydrogen) atoms. The molecule has 1 heterocycles. The maximum Gasteiger partial charge on any atom is 0.262 e. The monoisotopic (exact) mass is 475 g/mol. The molecule has 1 N–H and O–H groups in total. The van der Waals surface area contributed by atoms with Gasteiger partial charge >= 0.3 is 0 Å². The van der Waals surface area contributed by atoms with Gasteiger partial charge in [0.05, 0.1) is 17.7 Å². The van der Waals surface area contributed by atoms with Crippen molar-refractivity contribution in [1.82, 2.24) is 9.80 Å². The first kappa shape index (κ1) is 23.2. The molecule has 172 valence electrons. The van der Waals surface area contributed by atoms with E-state index in [0.717, 1.165) is 10.5 Å². The zero-order chi connectivity index (χ0) is 24.2. The highest BCUT2D eigenvalue weighted by molar-refractivity contribution is 6.30. The van der Waals surface area contributed by atoms with Crippen molar-refractivity contribution in [2.24, 2.45) is 0 Å². The number of carbonyl (C=O) groups excluding carboxylic acids is 4. The molecule has 0 saturated carbocycles. The lowest BCUT2D eigenvalue weighted by molar-refractivity contribution is -0.136. The van der Waals surface area contributed by atoms with E-state index in [9.17, 15) is 19.2 Å². The van der Waals surface area contributed by atoms with E-state index in [1.54, 1.807) is 48.5 Å². The van der Waals surface area contributed by atoms with Crippen LogP contribution in [-0.2, 0) is 16.0 Å². The molecule has 4 amide bonds. The predicted molar refractivity (Wildman–Crippen MR) is 129 cm³/mol. The van der Waals surface area contributed by atoms with Gasteiger partial charge in [0.2, 0.25) is 11.8 Å². The number of carbonyl (C=O) groups is 4. The maximum atomic E-state index is 13.5. The number of likely N-dealkylation sites (N-methyl/N-ethyl adjacent to an activating group) is 1. The molecule has 3 aromatic carbocycles. The van der Waals surface area contributed by atoms with E-state index in [0.29, 0.717) is 10.7 Å². The van der Waals surface area contributed by atoms with Crippen molar-refractivity contribution >= 4 is 40.9 Å². The fourth-order valence-corrected chi connectivity index (χ4v) is 4.12. The van der Waals surface area contributed by atoms with E-state index >= 15 is 0 Å². The number of imide groups is 1. The Morgan fingerprint density at radius 2 is 1.53 bits per heavy atom. The van der Waals surface area contributed by atoms with E-state index in [1.807, 2.05) is 30.3 Å². The Labute approximate surface area is 201 Å². The van der Waals surface area contributed by atoms with Crippen molar-refractivity contribution in [3.63, 3.8) is 0 Å². The molecule has 1 unspecified atom stereocenters. The van der Waals surface area contributed by atoms with Crippen LogP contribution in [0.15, 0.2) is 78.9 Å². The predicted octanol–water partition coefficient (Wildman–Crippen LogP) is 3.64. The summed E-state index contributed by atoms with van der Waals surface area (Å²) in [6.07, 6.45) is 0.130. The van der Waals surface area contributed by atoms with Gasteiger partial charge in [-0.1, -0.05) is 60.1 Å². The van der Waals surface area contributed by atoms with Crippen molar-refractivity contribution in [2.45, 2.75) is 12.5 Å². The van der Waals surface area contributed by atoms with Crippen molar-refractivity contribution < 1.29 is 19.2 Å². The number of nitrogens with one attached hydrogen (secondary N) is 1. The standard InChI is InChI=1S/C26H22ClN3O4/c1-29(16-23(31)28-19-11-7-10-18(27)15-19)26(34)22(14-17-8-3-2-4-9-17)30-24(32)20-12-5-6-13-21(20)25(30)33/h2-13,15,22H,14,16H2,1H3,(H,28,31). The van der Waals surface area contributed by atoms with E-state index in [-0.39, 0.29) is 24.1 Å². The van der Waals surface area contributed by atoms with Gasteiger partial charge in [0, 0.05) is 24.2 Å². The summed E-state index contributed by atoms with van der Waals surface area (Å²) in [6.45, 7) is -0.264. The Kier molecular flexibility index (Phi) is 6.75. The molecule has 0 aliphatic carbocycles. The Bertz CT molecular complexity index is 1230. The fourth-order valence-electron chi connectivity index (χ4n) is 3.93. The molecule has 1 aliphatic rings. The summed E-state index contributed by atoms with van der Waals surface area (Å²) in [6, 6.07) is 21.2. The third-order valence-corrected chi connectivity index (χ3v) is 5.79. The average Bonchev–Trinajstić information content (AvgIpc) is 3.08. The summed E-state index contributed by atoms with van der Waals surface area (Å²) in [5, 5.41) is 3.16. The summed E-state index contributed by atoms with van der Waals surface area (Å²) in [5.41, 5.74) is 1.81. The molecular weight excluding hydrogens is 454 g/mol. The highest BCUT2D eigenvalue weighted by Crippen LogP contribution is 2.26. The van der Waals surface area contributed by atoms with Crippen LogP contribution in [0.1, 0.15) is 26.3 Å². The number of halogens is 1. The average molecular weight is 476 g/mol. The third-order valence-electron chi connectivity index (χ3n) is 5.56. The second-order valence-corrected chi connectivity index (χ2v) is 8.42. The summed E-state index contributed by atoms with van der Waals surface area (Å²) < 4.78 is 0. The van der Waals surface area contributed by atoms with E-state index in [2.05, 4.69) is 5.32 Å². The number of fused-ring (bicyclic) bond motifs is 1. The molecule has 0 saturated heterocycles. The van der Waals surface area contributed by atoms with Crippen LogP contribution in [-0.4, -0.2) is 53.1 Å². The minimum Gasteiger partial charge on any atom is -0.335 e. The summed E-state index contributed by atoms with van der Waals surface area (Å²) in [4.78, 5) is 54.5. The second kappa shape index (κ2) is 9.89. The van der Waals surface area contributed by atoms with E-state index < -0.39 is 29.7 Å². The Hall–Kier alpha value is -3.97. The first-order valence-corrected chi connectivity index (χ1v) is 11.0. The first-order chi connectivity index (χ1) is 16.3. The number of nitrogens with zero attached hydrogens (tertiary/aromatic N) is 2. The lowest BCUT2D eigenvalue weighted by atomic mass is 10.0. The zero-order valence-corrected chi connectivity index (χ0v) is 19.2. The van der Waals surface area contributed by atoms with Gasteiger partial charge in [-0.05, 0) is 35.9 Å². The lowest BCUT2D eigenvalue weighted by Crippen LogP contribution is -2.52. The molecule has 1 atom stereocenters. The number of hydrogen-bond acceptors (Lipinski definition) is 4. The van der Waals surface area contributed by atoms with Crippen LogP contribution in [0.25, 0.3) is 0 Å². The Morgan fingerprint density at radius 3 is 2.15 bits per heavy atom. The molecule has 4 rings (SSSR count). The number of amides is 4.